The molecule has 4 saturated heterocycles. The van der Waals surface area contributed by atoms with Gasteiger partial charge in [-0.25, -0.2) is 0 Å². The van der Waals surface area contributed by atoms with E-state index in [9.17, 15) is 14.4 Å². The van der Waals surface area contributed by atoms with Crippen LogP contribution in [-0.4, -0.2) is 98.0 Å². The number of hydrogen-bond acceptors (Lipinski definition) is 13. The fourth-order valence-electron chi connectivity index (χ4n) is 5.16. The van der Waals surface area contributed by atoms with Gasteiger partial charge in [-0.15, -0.1) is 0 Å². The maximum atomic E-state index is 11.8. The van der Waals surface area contributed by atoms with Gasteiger partial charge in [0.2, 0.25) is 5.79 Å². The summed E-state index contributed by atoms with van der Waals surface area (Å²) in [4.78, 5) is 35.0. The van der Waals surface area contributed by atoms with Crippen LogP contribution in [0.2, 0.25) is 0 Å². The number of fused-ring (bicyclic) bond motifs is 3. The van der Waals surface area contributed by atoms with E-state index in [4.69, 9.17) is 47.4 Å². The van der Waals surface area contributed by atoms with E-state index in [1.807, 2.05) is 13.8 Å². The van der Waals surface area contributed by atoms with Crippen molar-refractivity contribution in [3.63, 3.8) is 0 Å². The zero-order chi connectivity index (χ0) is 27.2. The lowest BCUT2D eigenvalue weighted by molar-refractivity contribution is -0.329. The molecule has 0 spiro atoms. The zero-order valence-electron chi connectivity index (χ0n) is 22.2. The molecule has 0 saturated carbocycles. The van der Waals surface area contributed by atoms with Crippen molar-refractivity contribution < 1.29 is 61.8 Å². The molecule has 0 N–H and O–H groups in total. The largest absolute Gasteiger partial charge is 0.463 e. The molecule has 13 nitrogen and oxygen atoms in total. The molecule has 8 atom stereocenters. The maximum absolute atomic E-state index is 11.8. The highest BCUT2D eigenvalue weighted by atomic mass is 16.9. The van der Waals surface area contributed by atoms with E-state index in [0.29, 0.717) is 0 Å². The summed E-state index contributed by atoms with van der Waals surface area (Å²) in [6.07, 6.45) is -5.24. The van der Waals surface area contributed by atoms with Gasteiger partial charge in [-0.05, 0) is 27.7 Å². The average molecular weight is 533 g/mol. The van der Waals surface area contributed by atoms with Gasteiger partial charge in [-0.2, -0.15) is 0 Å². The molecule has 0 radical (unpaired) electrons. The minimum atomic E-state index is -1.33. The lowest BCUT2D eigenvalue weighted by Gasteiger charge is -2.43. The number of ether oxygens (including phenoxy) is 10. The number of rotatable bonds is 7. The molecule has 4 aliphatic heterocycles. The normalized spacial score (nSPS) is 39.8. The Balaban J connectivity index is 1.51. The van der Waals surface area contributed by atoms with Crippen molar-refractivity contribution in [2.75, 3.05) is 19.8 Å². The van der Waals surface area contributed by atoms with E-state index in [1.165, 1.54) is 20.8 Å². The molecule has 0 bridgehead atoms. The Kier molecular flexibility index (Phi) is 7.88. The van der Waals surface area contributed by atoms with E-state index in [1.54, 1.807) is 13.8 Å². The smallest absolute Gasteiger partial charge is 0.303 e. The first kappa shape index (κ1) is 28.1. The van der Waals surface area contributed by atoms with Crippen LogP contribution in [0.1, 0.15) is 54.9 Å². The summed E-state index contributed by atoms with van der Waals surface area (Å²) >= 11 is 0. The predicted octanol–water partition coefficient (Wildman–Crippen LogP) is 0.943. The number of hydrogen-bond donors (Lipinski definition) is 0. The van der Waals surface area contributed by atoms with E-state index in [0.717, 1.165) is 0 Å². The molecule has 4 fully saturated rings. The highest BCUT2D eigenvalue weighted by Crippen LogP contribution is 2.47. The molecule has 37 heavy (non-hydrogen) atoms. The van der Waals surface area contributed by atoms with E-state index >= 15 is 0 Å². The second-order valence-corrected chi connectivity index (χ2v) is 10.5. The fraction of sp³-hybridized carbons (Fsp3) is 0.875. The van der Waals surface area contributed by atoms with Gasteiger partial charge >= 0.3 is 17.9 Å². The zero-order valence-corrected chi connectivity index (χ0v) is 22.2. The van der Waals surface area contributed by atoms with Crippen LogP contribution in [-0.2, 0) is 61.8 Å². The molecule has 0 amide bonds. The Morgan fingerprint density at radius 1 is 0.892 bits per heavy atom. The quantitative estimate of drug-likeness (QED) is 0.339. The Morgan fingerprint density at radius 3 is 2.24 bits per heavy atom. The molecule has 0 aliphatic carbocycles. The van der Waals surface area contributed by atoms with Crippen LogP contribution in [0.3, 0.4) is 0 Å². The van der Waals surface area contributed by atoms with Gasteiger partial charge in [0.15, 0.2) is 24.0 Å². The topological polar surface area (TPSA) is 144 Å². The fourth-order valence-corrected chi connectivity index (χ4v) is 5.16. The lowest BCUT2D eigenvalue weighted by atomic mass is 9.97. The third-order valence-corrected chi connectivity index (χ3v) is 6.30. The molecular weight excluding hydrogens is 496 g/mol. The standard InChI is InChI=1S/C24H36O13/c1-12(25)28-9-16-19(32-14(3)27)15(31-13(2)26)8-18(33-16)29-11-24-21(36-23(6,7)37-24)20-17(10-30-24)34-22(4,5)35-20/h15-21H,8-11H2,1-7H3/t15-,16-,17-,18+,19+,20-,21+,24-/m1/s1. The van der Waals surface area contributed by atoms with Crippen LogP contribution in [0.25, 0.3) is 0 Å². The summed E-state index contributed by atoms with van der Waals surface area (Å²) < 4.78 is 58.5. The first-order chi connectivity index (χ1) is 17.2. The van der Waals surface area contributed by atoms with Crippen molar-refractivity contribution in [2.45, 2.75) is 115 Å². The number of esters is 3. The monoisotopic (exact) mass is 532 g/mol. The van der Waals surface area contributed by atoms with Gasteiger partial charge in [-0.1, -0.05) is 0 Å². The lowest BCUT2D eigenvalue weighted by Crippen LogP contribution is -2.61. The van der Waals surface area contributed by atoms with Crippen LogP contribution in [0.4, 0.5) is 0 Å². The molecule has 4 aliphatic rings. The molecule has 4 rings (SSSR count). The summed E-state index contributed by atoms with van der Waals surface area (Å²) in [6.45, 7) is 10.7. The van der Waals surface area contributed by atoms with Crippen molar-refractivity contribution >= 4 is 17.9 Å². The van der Waals surface area contributed by atoms with Gasteiger partial charge in [0, 0.05) is 27.2 Å². The molecule has 0 aromatic carbocycles. The molecule has 0 aromatic heterocycles. The van der Waals surface area contributed by atoms with Crippen LogP contribution in [0.5, 0.6) is 0 Å². The summed E-state index contributed by atoms with van der Waals surface area (Å²) in [5, 5.41) is 0. The first-order valence-electron chi connectivity index (χ1n) is 12.3. The van der Waals surface area contributed by atoms with E-state index < -0.39 is 72.1 Å². The van der Waals surface area contributed by atoms with Crippen molar-refractivity contribution in [2.24, 2.45) is 0 Å². The number of carbonyl (C=O) groups excluding carboxylic acids is 3. The minimum absolute atomic E-state index is 0.0395. The van der Waals surface area contributed by atoms with Gasteiger partial charge in [-0.3, -0.25) is 14.4 Å². The van der Waals surface area contributed by atoms with Gasteiger partial charge in [0.1, 0.15) is 43.7 Å². The third-order valence-electron chi connectivity index (χ3n) is 6.30. The van der Waals surface area contributed by atoms with Crippen LogP contribution >= 0.6 is 0 Å². The van der Waals surface area contributed by atoms with E-state index in [-0.39, 0.29) is 32.3 Å². The maximum Gasteiger partial charge on any atom is 0.303 e. The van der Waals surface area contributed by atoms with Crippen LogP contribution in [0.15, 0.2) is 0 Å². The third kappa shape index (κ3) is 6.41. The Morgan fingerprint density at radius 2 is 1.59 bits per heavy atom. The van der Waals surface area contributed by atoms with Gasteiger partial charge in [0.05, 0.1) is 6.61 Å². The Labute approximate surface area is 215 Å². The Bertz CT molecular complexity index is 888. The van der Waals surface area contributed by atoms with Gasteiger partial charge < -0.3 is 47.4 Å². The summed E-state index contributed by atoms with van der Waals surface area (Å²) in [7, 11) is 0. The molecule has 0 unspecified atom stereocenters. The van der Waals surface area contributed by atoms with Crippen molar-refractivity contribution in [1.29, 1.82) is 0 Å². The summed E-state index contributed by atoms with van der Waals surface area (Å²) in [5.41, 5.74) is 0. The van der Waals surface area contributed by atoms with Crippen molar-refractivity contribution in [1.82, 2.24) is 0 Å². The second kappa shape index (κ2) is 10.4. The first-order valence-corrected chi connectivity index (χ1v) is 12.3. The van der Waals surface area contributed by atoms with Crippen molar-refractivity contribution in [3.05, 3.63) is 0 Å². The van der Waals surface area contributed by atoms with Crippen molar-refractivity contribution in [3.8, 4) is 0 Å². The van der Waals surface area contributed by atoms with Crippen LogP contribution < -0.4 is 0 Å². The molecule has 0 aromatic rings. The molecular formula is C24H36O13. The summed E-state index contributed by atoms with van der Waals surface area (Å²) in [5.74, 6) is -4.87. The molecule has 4 heterocycles. The van der Waals surface area contributed by atoms with Crippen LogP contribution in [0, 0.1) is 0 Å². The summed E-state index contributed by atoms with van der Waals surface area (Å²) in [6, 6.07) is 0. The minimum Gasteiger partial charge on any atom is -0.463 e. The molecule has 210 valence electrons. The molecule has 13 heteroatoms. The highest BCUT2D eigenvalue weighted by molar-refractivity contribution is 5.67. The predicted molar refractivity (Wildman–Crippen MR) is 120 cm³/mol. The van der Waals surface area contributed by atoms with Gasteiger partial charge in [0.25, 0.3) is 0 Å². The Hall–Kier alpha value is -1.87. The average Bonchev–Trinajstić information content (AvgIpc) is 3.23. The highest BCUT2D eigenvalue weighted by Gasteiger charge is 2.65. The second-order valence-electron chi connectivity index (χ2n) is 10.5. The number of carbonyl (C=O) groups is 3. The van der Waals surface area contributed by atoms with E-state index in [2.05, 4.69) is 0 Å². The SMILES string of the molecule is CC(=O)OC[C@H]1O[C@H](OC[C@]23OC[C@H]4OC(C)(C)O[C@H]4[C@@H]2OC(C)(C)O3)C[C@@H](OC(C)=O)[C@@H]1OC(C)=O.